The van der Waals surface area contributed by atoms with Crippen molar-refractivity contribution in [3.05, 3.63) is 21.9 Å². The van der Waals surface area contributed by atoms with E-state index < -0.39 is 0 Å². The second kappa shape index (κ2) is 7.65. The summed E-state index contributed by atoms with van der Waals surface area (Å²) in [6.45, 7) is 5.14. The van der Waals surface area contributed by atoms with Gasteiger partial charge in [0.15, 0.2) is 0 Å². The molecule has 0 saturated carbocycles. The number of aryl methyl sites for hydroxylation is 2. The minimum Gasteiger partial charge on any atom is -0.356 e. The predicted molar refractivity (Wildman–Crippen MR) is 80.6 cm³/mol. The molecule has 0 aliphatic carbocycles. The summed E-state index contributed by atoms with van der Waals surface area (Å²) in [6.07, 6.45) is 5.10. The maximum atomic E-state index is 11.8. The van der Waals surface area contributed by atoms with Gasteiger partial charge in [-0.2, -0.15) is 0 Å². The van der Waals surface area contributed by atoms with Crippen molar-refractivity contribution < 1.29 is 4.79 Å². The van der Waals surface area contributed by atoms with Gasteiger partial charge in [0.1, 0.15) is 0 Å². The molecule has 3 nitrogen and oxygen atoms in total. The Morgan fingerprint density at radius 2 is 2.42 bits per heavy atom. The number of carbonyl (C=O) groups excluding carboxylic acids is 1. The lowest BCUT2D eigenvalue weighted by atomic mass is 10.00. The molecule has 4 heteroatoms. The fraction of sp³-hybridized carbons (Fsp3) is 0.667. The van der Waals surface area contributed by atoms with E-state index in [0.717, 1.165) is 32.5 Å². The number of rotatable bonds is 6. The fourth-order valence-corrected chi connectivity index (χ4v) is 3.42. The lowest BCUT2D eigenvalue weighted by Crippen LogP contribution is -2.38. The SMILES string of the molecule is Cc1ccc(CCCC(=O)NCC2CCCNC2)s1. The lowest BCUT2D eigenvalue weighted by Gasteiger charge is -2.22. The number of carbonyl (C=O) groups is 1. The smallest absolute Gasteiger partial charge is 0.220 e. The Morgan fingerprint density at radius 1 is 1.53 bits per heavy atom. The highest BCUT2D eigenvalue weighted by Gasteiger charge is 2.13. The van der Waals surface area contributed by atoms with E-state index in [-0.39, 0.29) is 5.91 Å². The van der Waals surface area contributed by atoms with Gasteiger partial charge in [-0.15, -0.1) is 11.3 Å². The van der Waals surface area contributed by atoms with E-state index in [0.29, 0.717) is 12.3 Å². The first-order valence-electron chi connectivity index (χ1n) is 7.27. The highest BCUT2D eigenvalue weighted by atomic mass is 32.1. The summed E-state index contributed by atoms with van der Waals surface area (Å²) in [5, 5.41) is 6.44. The summed E-state index contributed by atoms with van der Waals surface area (Å²) in [6, 6.07) is 4.32. The molecule has 1 atom stereocenters. The summed E-state index contributed by atoms with van der Waals surface area (Å²) >= 11 is 1.84. The largest absolute Gasteiger partial charge is 0.356 e. The molecule has 1 aromatic heterocycles. The number of nitrogens with one attached hydrogen (secondary N) is 2. The average molecular weight is 280 g/mol. The highest BCUT2D eigenvalue weighted by molar-refractivity contribution is 7.11. The van der Waals surface area contributed by atoms with E-state index >= 15 is 0 Å². The summed E-state index contributed by atoms with van der Waals surface area (Å²) in [7, 11) is 0. The standard InChI is InChI=1S/C15H24N2OS/c1-12-7-8-14(19-12)5-2-6-15(18)17-11-13-4-3-9-16-10-13/h7-8,13,16H,2-6,9-11H2,1H3,(H,17,18). The Balaban J connectivity index is 1.56. The number of piperidine rings is 1. The molecule has 0 radical (unpaired) electrons. The van der Waals surface area contributed by atoms with Crippen LogP contribution < -0.4 is 10.6 Å². The highest BCUT2D eigenvalue weighted by Crippen LogP contribution is 2.17. The average Bonchev–Trinajstić information content (AvgIpc) is 2.83. The molecule has 2 rings (SSSR count). The van der Waals surface area contributed by atoms with Crippen molar-refractivity contribution in [1.29, 1.82) is 0 Å². The summed E-state index contributed by atoms with van der Waals surface area (Å²) in [5.74, 6) is 0.830. The zero-order valence-electron chi connectivity index (χ0n) is 11.7. The van der Waals surface area contributed by atoms with Crippen molar-refractivity contribution in [1.82, 2.24) is 10.6 Å². The number of hydrogen-bond donors (Lipinski definition) is 2. The molecule has 1 fully saturated rings. The predicted octanol–water partition coefficient (Wildman–Crippen LogP) is 2.50. The van der Waals surface area contributed by atoms with Crippen LogP contribution in [0.25, 0.3) is 0 Å². The van der Waals surface area contributed by atoms with Crippen LogP contribution in [0.5, 0.6) is 0 Å². The zero-order chi connectivity index (χ0) is 13.5. The molecule has 1 amide bonds. The van der Waals surface area contributed by atoms with Gasteiger partial charge in [0.2, 0.25) is 5.91 Å². The molecular formula is C15H24N2OS. The van der Waals surface area contributed by atoms with Crippen LogP contribution >= 0.6 is 11.3 Å². The van der Waals surface area contributed by atoms with Crippen molar-refractivity contribution in [2.24, 2.45) is 5.92 Å². The third-order valence-corrected chi connectivity index (χ3v) is 4.67. The normalized spacial score (nSPS) is 19.3. The summed E-state index contributed by atoms with van der Waals surface area (Å²) in [5.41, 5.74) is 0. The minimum atomic E-state index is 0.207. The van der Waals surface area contributed by atoms with Gasteiger partial charge in [0, 0.05) is 22.7 Å². The quantitative estimate of drug-likeness (QED) is 0.840. The number of hydrogen-bond acceptors (Lipinski definition) is 3. The van der Waals surface area contributed by atoms with Gasteiger partial charge in [0.25, 0.3) is 0 Å². The molecule has 1 saturated heterocycles. The van der Waals surface area contributed by atoms with Gasteiger partial charge < -0.3 is 10.6 Å². The van der Waals surface area contributed by atoms with Crippen molar-refractivity contribution in [2.75, 3.05) is 19.6 Å². The molecule has 0 bridgehead atoms. The van der Waals surface area contributed by atoms with Crippen LogP contribution in [0, 0.1) is 12.8 Å². The zero-order valence-corrected chi connectivity index (χ0v) is 12.5. The van der Waals surface area contributed by atoms with E-state index in [2.05, 4.69) is 29.7 Å². The van der Waals surface area contributed by atoms with Crippen molar-refractivity contribution in [3.63, 3.8) is 0 Å². The second-order valence-electron chi connectivity index (χ2n) is 5.38. The summed E-state index contributed by atoms with van der Waals surface area (Å²) < 4.78 is 0. The van der Waals surface area contributed by atoms with Gasteiger partial charge >= 0.3 is 0 Å². The van der Waals surface area contributed by atoms with Crippen LogP contribution in [-0.4, -0.2) is 25.5 Å². The Hall–Kier alpha value is -0.870. The fourth-order valence-electron chi connectivity index (χ4n) is 2.49. The first kappa shape index (κ1) is 14.5. The lowest BCUT2D eigenvalue weighted by molar-refractivity contribution is -0.121. The molecule has 1 aromatic rings. The van der Waals surface area contributed by atoms with Crippen molar-refractivity contribution in [3.8, 4) is 0 Å². The molecule has 0 aromatic carbocycles. The van der Waals surface area contributed by atoms with Crippen LogP contribution in [0.15, 0.2) is 12.1 Å². The molecular weight excluding hydrogens is 256 g/mol. The van der Waals surface area contributed by atoms with Crippen LogP contribution in [-0.2, 0) is 11.2 Å². The molecule has 1 unspecified atom stereocenters. The number of thiophene rings is 1. The minimum absolute atomic E-state index is 0.207. The monoisotopic (exact) mass is 280 g/mol. The van der Waals surface area contributed by atoms with Gasteiger partial charge in [-0.05, 0) is 63.7 Å². The first-order chi connectivity index (χ1) is 9.24. The van der Waals surface area contributed by atoms with Gasteiger partial charge in [-0.1, -0.05) is 0 Å². The van der Waals surface area contributed by atoms with Crippen LogP contribution in [0.3, 0.4) is 0 Å². The van der Waals surface area contributed by atoms with Crippen LogP contribution in [0.2, 0.25) is 0 Å². The molecule has 0 spiro atoms. The maximum Gasteiger partial charge on any atom is 0.220 e. The van der Waals surface area contributed by atoms with Gasteiger partial charge in [0.05, 0.1) is 0 Å². The maximum absolute atomic E-state index is 11.8. The third kappa shape index (κ3) is 5.33. The van der Waals surface area contributed by atoms with Crippen LogP contribution in [0.4, 0.5) is 0 Å². The van der Waals surface area contributed by atoms with Gasteiger partial charge in [-0.3, -0.25) is 4.79 Å². The van der Waals surface area contributed by atoms with E-state index in [1.807, 2.05) is 11.3 Å². The van der Waals surface area contributed by atoms with E-state index in [4.69, 9.17) is 0 Å². The number of amides is 1. The Kier molecular flexibility index (Phi) is 5.86. The molecule has 1 aliphatic heterocycles. The molecule has 2 N–H and O–H groups in total. The summed E-state index contributed by atoms with van der Waals surface area (Å²) in [4.78, 5) is 14.5. The van der Waals surface area contributed by atoms with Gasteiger partial charge in [-0.25, -0.2) is 0 Å². The third-order valence-electron chi connectivity index (χ3n) is 3.61. The second-order valence-corrected chi connectivity index (χ2v) is 6.75. The van der Waals surface area contributed by atoms with Crippen molar-refractivity contribution >= 4 is 17.2 Å². The van der Waals surface area contributed by atoms with Crippen molar-refractivity contribution in [2.45, 2.75) is 39.0 Å². The molecule has 1 aliphatic rings. The molecule has 2 heterocycles. The Morgan fingerprint density at radius 3 is 3.11 bits per heavy atom. The molecule has 106 valence electrons. The van der Waals surface area contributed by atoms with E-state index in [1.54, 1.807) is 0 Å². The first-order valence-corrected chi connectivity index (χ1v) is 8.08. The molecule has 19 heavy (non-hydrogen) atoms. The van der Waals surface area contributed by atoms with E-state index in [1.165, 1.54) is 22.6 Å². The van der Waals surface area contributed by atoms with E-state index in [9.17, 15) is 4.79 Å². The Labute approximate surface area is 119 Å². The Bertz CT molecular complexity index is 397. The van der Waals surface area contributed by atoms with Crippen LogP contribution in [0.1, 0.15) is 35.4 Å². The topological polar surface area (TPSA) is 41.1 Å².